The molecule has 1 aromatic heterocycles. The van der Waals surface area contributed by atoms with Gasteiger partial charge in [-0.05, 0) is 50.3 Å². The monoisotopic (exact) mass is 325 g/mol. The van der Waals surface area contributed by atoms with E-state index < -0.39 is 0 Å². The summed E-state index contributed by atoms with van der Waals surface area (Å²) in [6.07, 6.45) is 6.43. The Balaban J connectivity index is 1.66. The van der Waals surface area contributed by atoms with Crippen LogP contribution < -0.4 is 5.73 Å². The first-order valence-corrected chi connectivity index (χ1v) is 8.82. The Morgan fingerprint density at radius 1 is 1.12 bits per heavy atom. The third-order valence-electron chi connectivity index (χ3n) is 5.08. The number of carbonyl (C=O) groups excluding carboxylic acids is 1. The van der Waals surface area contributed by atoms with Crippen LogP contribution in [0.25, 0.3) is 0 Å². The molecule has 126 valence electrons. The fraction of sp³-hybridized carbons (Fsp3) is 0.500. The zero-order chi connectivity index (χ0) is 16.5. The number of amides is 1. The highest BCUT2D eigenvalue weighted by molar-refractivity contribution is 5.95. The Labute approximate surface area is 141 Å². The van der Waals surface area contributed by atoms with Crippen molar-refractivity contribution in [2.45, 2.75) is 51.1 Å². The molecule has 0 saturated carbocycles. The molecule has 2 aliphatic heterocycles. The first-order valence-electron chi connectivity index (χ1n) is 8.82. The highest BCUT2D eigenvalue weighted by atomic mass is 16.2. The van der Waals surface area contributed by atoms with Crippen LogP contribution in [0.5, 0.6) is 0 Å². The number of fused-ring (bicyclic) bond motifs is 1. The number of aromatic nitrogens is 3. The Morgan fingerprint density at radius 3 is 2.88 bits per heavy atom. The van der Waals surface area contributed by atoms with Crippen LogP contribution >= 0.6 is 0 Å². The molecule has 3 heterocycles. The van der Waals surface area contributed by atoms with Gasteiger partial charge in [-0.25, -0.2) is 0 Å². The molecule has 2 N–H and O–H groups in total. The van der Waals surface area contributed by atoms with Crippen molar-refractivity contribution in [3.8, 4) is 0 Å². The lowest BCUT2D eigenvalue weighted by molar-refractivity contribution is 0.0593. The van der Waals surface area contributed by atoms with Crippen molar-refractivity contribution >= 4 is 11.6 Å². The lowest BCUT2D eigenvalue weighted by Crippen LogP contribution is -2.40. The lowest BCUT2D eigenvalue weighted by atomic mass is 9.99. The Bertz CT molecular complexity index is 754. The van der Waals surface area contributed by atoms with Crippen molar-refractivity contribution in [3.63, 3.8) is 0 Å². The zero-order valence-electron chi connectivity index (χ0n) is 13.8. The van der Waals surface area contributed by atoms with Gasteiger partial charge in [0.25, 0.3) is 5.91 Å². The van der Waals surface area contributed by atoms with E-state index in [9.17, 15) is 4.79 Å². The molecule has 6 heteroatoms. The van der Waals surface area contributed by atoms with E-state index in [1.54, 1.807) is 12.1 Å². The molecule has 0 radical (unpaired) electrons. The molecule has 0 aliphatic carbocycles. The van der Waals surface area contributed by atoms with E-state index in [0.29, 0.717) is 11.3 Å². The summed E-state index contributed by atoms with van der Waals surface area (Å²) in [6.45, 7) is 1.73. The lowest BCUT2D eigenvalue weighted by Gasteiger charge is -2.35. The van der Waals surface area contributed by atoms with Crippen molar-refractivity contribution in [1.29, 1.82) is 0 Å². The third kappa shape index (κ3) is 2.66. The van der Waals surface area contributed by atoms with Gasteiger partial charge in [-0.3, -0.25) is 4.79 Å². The Morgan fingerprint density at radius 2 is 2.00 bits per heavy atom. The summed E-state index contributed by atoms with van der Waals surface area (Å²) >= 11 is 0. The van der Waals surface area contributed by atoms with E-state index in [2.05, 4.69) is 14.8 Å². The summed E-state index contributed by atoms with van der Waals surface area (Å²) in [6, 6.07) is 7.25. The third-order valence-corrected chi connectivity index (χ3v) is 5.08. The average molecular weight is 325 g/mol. The second-order valence-electron chi connectivity index (χ2n) is 6.72. The van der Waals surface area contributed by atoms with Gasteiger partial charge < -0.3 is 15.2 Å². The Hall–Kier alpha value is -2.37. The first kappa shape index (κ1) is 15.2. The van der Waals surface area contributed by atoms with Gasteiger partial charge in [0.05, 0.1) is 6.04 Å². The summed E-state index contributed by atoms with van der Waals surface area (Å²) in [5, 5.41) is 8.83. The van der Waals surface area contributed by atoms with Gasteiger partial charge in [0, 0.05) is 30.8 Å². The summed E-state index contributed by atoms with van der Waals surface area (Å²) in [5.74, 6) is 2.07. The molecule has 1 aromatic carbocycles. The number of nitrogen functional groups attached to an aromatic ring is 1. The molecule has 0 bridgehead atoms. The van der Waals surface area contributed by atoms with E-state index in [-0.39, 0.29) is 11.9 Å². The number of likely N-dealkylation sites (tertiary alicyclic amines) is 1. The highest BCUT2D eigenvalue weighted by Gasteiger charge is 2.33. The van der Waals surface area contributed by atoms with Crippen LogP contribution in [-0.2, 0) is 13.0 Å². The zero-order valence-corrected chi connectivity index (χ0v) is 13.8. The van der Waals surface area contributed by atoms with Gasteiger partial charge in [0.1, 0.15) is 5.82 Å². The maximum atomic E-state index is 13.0. The van der Waals surface area contributed by atoms with Gasteiger partial charge >= 0.3 is 0 Å². The molecule has 6 nitrogen and oxygen atoms in total. The number of carbonyl (C=O) groups is 1. The number of nitrogens with zero attached hydrogens (tertiary/aromatic N) is 4. The molecule has 4 rings (SSSR count). The number of benzene rings is 1. The van der Waals surface area contributed by atoms with Crippen molar-refractivity contribution < 1.29 is 4.79 Å². The van der Waals surface area contributed by atoms with Gasteiger partial charge in [-0.15, -0.1) is 10.2 Å². The van der Waals surface area contributed by atoms with E-state index in [0.717, 1.165) is 56.8 Å². The van der Waals surface area contributed by atoms with E-state index in [1.165, 1.54) is 6.42 Å². The smallest absolute Gasteiger partial charge is 0.254 e. The fourth-order valence-electron chi connectivity index (χ4n) is 3.86. The van der Waals surface area contributed by atoms with E-state index >= 15 is 0 Å². The van der Waals surface area contributed by atoms with Crippen molar-refractivity contribution in [2.24, 2.45) is 0 Å². The van der Waals surface area contributed by atoms with Crippen LogP contribution in [0.1, 0.15) is 60.2 Å². The second-order valence-corrected chi connectivity index (χ2v) is 6.72. The maximum Gasteiger partial charge on any atom is 0.254 e. The number of hydrogen-bond acceptors (Lipinski definition) is 4. The van der Waals surface area contributed by atoms with Crippen LogP contribution in [0.3, 0.4) is 0 Å². The molecule has 1 saturated heterocycles. The highest BCUT2D eigenvalue weighted by Crippen LogP contribution is 2.32. The first-order chi connectivity index (χ1) is 11.7. The molecule has 2 aliphatic rings. The predicted molar refractivity (Wildman–Crippen MR) is 91.4 cm³/mol. The SMILES string of the molecule is Nc1cccc(C(=O)N2CCCCC2c2nnc3n2CCCC3)c1. The van der Waals surface area contributed by atoms with E-state index in [4.69, 9.17) is 5.73 Å². The number of anilines is 1. The summed E-state index contributed by atoms with van der Waals surface area (Å²) in [4.78, 5) is 15.0. The fourth-order valence-corrected chi connectivity index (χ4v) is 3.86. The number of nitrogens with two attached hydrogens (primary N) is 1. The molecule has 1 unspecified atom stereocenters. The van der Waals surface area contributed by atoms with Gasteiger partial charge in [0.2, 0.25) is 0 Å². The van der Waals surface area contributed by atoms with Crippen LogP contribution in [-0.4, -0.2) is 32.1 Å². The molecule has 24 heavy (non-hydrogen) atoms. The Kier molecular flexibility index (Phi) is 3.96. The van der Waals surface area contributed by atoms with E-state index in [1.807, 2.05) is 17.0 Å². The van der Waals surface area contributed by atoms with Crippen molar-refractivity contribution in [3.05, 3.63) is 41.5 Å². The van der Waals surface area contributed by atoms with Crippen LogP contribution in [0, 0.1) is 0 Å². The topological polar surface area (TPSA) is 77.0 Å². The van der Waals surface area contributed by atoms with Gasteiger partial charge in [-0.1, -0.05) is 6.07 Å². The molecule has 0 spiro atoms. The standard InChI is InChI=1S/C18H23N5O/c19-14-7-5-6-13(12-14)18(24)22-10-3-1-8-15(22)17-21-20-16-9-2-4-11-23(16)17/h5-7,12,15H,1-4,8-11,19H2. The van der Waals surface area contributed by atoms with Crippen LogP contribution in [0.15, 0.2) is 24.3 Å². The van der Waals surface area contributed by atoms with Crippen molar-refractivity contribution in [2.75, 3.05) is 12.3 Å². The quantitative estimate of drug-likeness (QED) is 0.861. The number of piperidine rings is 1. The molecule has 2 aromatic rings. The molecule has 1 fully saturated rings. The maximum absolute atomic E-state index is 13.0. The van der Waals surface area contributed by atoms with Crippen LogP contribution in [0.4, 0.5) is 5.69 Å². The molecular formula is C18H23N5O. The minimum Gasteiger partial charge on any atom is -0.399 e. The molecular weight excluding hydrogens is 302 g/mol. The number of rotatable bonds is 2. The number of aryl methyl sites for hydroxylation is 1. The van der Waals surface area contributed by atoms with Crippen LogP contribution in [0.2, 0.25) is 0 Å². The molecule has 1 atom stereocenters. The second kappa shape index (κ2) is 6.26. The number of hydrogen-bond donors (Lipinski definition) is 1. The normalized spacial score (nSPS) is 20.7. The average Bonchev–Trinajstić information content (AvgIpc) is 3.05. The molecule has 1 amide bonds. The summed E-state index contributed by atoms with van der Waals surface area (Å²) in [7, 11) is 0. The van der Waals surface area contributed by atoms with Crippen molar-refractivity contribution in [1.82, 2.24) is 19.7 Å². The predicted octanol–water partition coefficient (Wildman–Crippen LogP) is 2.56. The van der Waals surface area contributed by atoms with Gasteiger partial charge in [0.15, 0.2) is 5.82 Å². The summed E-state index contributed by atoms with van der Waals surface area (Å²) < 4.78 is 2.24. The van der Waals surface area contributed by atoms with Gasteiger partial charge in [-0.2, -0.15) is 0 Å². The summed E-state index contributed by atoms with van der Waals surface area (Å²) in [5.41, 5.74) is 7.12. The minimum absolute atomic E-state index is 0.0204. The largest absolute Gasteiger partial charge is 0.399 e. The minimum atomic E-state index is 0.0204.